The number of rotatable bonds is 4. The van der Waals surface area contributed by atoms with Crippen molar-refractivity contribution in [2.75, 3.05) is 6.61 Å². The van der Waals surface area contributed by atoms with Crippen molar-refractivity contribution in [3.05, 3.63) is 33.4 Å². The highest BCUT2D eigenvalue weighted by atomic mass is 127. The summed E-state index contributed by atoms with van der Waals surface area (Å²) in [6.45, 7) is -1.74. The van der Waals surface area contributed by atoms with Gasteiger partial charge in [-0.2, -0.15) is 17.2 Å². The van der Waals surface area contributed by atoms with E-state index in [2.05, 4.69) is 4.74 Å². The SMILES string of the molecule is O=C(OCC(F)(F)S(=O)(=O)O)c1ccc(I)cc1. The van der Waals surface area contributed by atoms with Gasteiger partial charge in [0.05, 0.1) is 5.56 Å². The van der Waals surface area contributed by atoms with Gasteiger partial charge in [-0.15, -0.1) is 0 Å². The van der Waals surface area contributed by atoms with Gasteiger partial charge in [0, 0.05) is 3.57 Å². The van der Waals surface area contributed by atoms with Gasteiger partial charge in [-0.1, -0.05) is 0 Å². The lowest BCUT2D eigenvalue weighted by Crippen LogP contribution is -2.34. The van der Waals surface area contributed by atoms with Crippen LogP contribution in [0.1, 0.15) is 10.4 Å². The Morgan fingerprint density at radius 2 is 1.83 bits per heavy atom. The van der Waals surface area contributed by atoms with Gasteiger partial charge >= 0.3 is 21.3 Å². The van der Waals surface area contributed by atoms with Crippen molar-refractivity contribution >= 4 is 38.7 Å². The van der Waals surface area contributed by atoms with E-state index >= 15 is 0 Å². The molecule has 5 nitrogen and oxygen atoms in total. The molecule has 100 valence electrons. The molecule has 0 fully saturated rings. The van der Waals surface area contributed by atoms with Crippen molar-refractivity contribution < 1.29 is 31.3 Å². The molecule has 18 heavy (non-hydrogen) atoms. The lowest BCUT2D eigenvalue weighted by molar-refractivity contribution is -0.00950. The Labute approximate surface area is 115 Å². The molecule has 9 heteroatoms. The third kappa shape index (κ3) is 3.85. The van der Waals surface area contributed by atoms with Crippen LogP contribution >= 0.6 is 22.6 Å². The van der Waals surface area contributed by atoms with E-state index in [4.69, 9.17) is 4.55 Å². The number of carbonyl (C=O) groups is 1. The Kier molecular flexibility index (Phi) is 4.61. The first-order chi connectivity index (χ1) is 8.13. The Morgan fingerprint density at radius 1 is 1.33 bits per heavy atom. The maximum atomic E-state index is 12.8. The van der Waals surface area contributed by atoms with E-state index in [9.17, 15) is 22.0 Å². The van der Waals surface area contributed by atoms with Gasteiger partial charge in [-0.05, 0) is 46.9 Å². The molecule has 0 aliphatic carbocycles. The average molecular weight is 392 g/mol. The smallest absolute Gasteiger partial charge is 0.402 e. The normalized spacial score (nSPS) is 12.2. The second-order valence-electron chi connectivity index (χ2n) is 3.20. The molecular formula is C9H7F2IO5S. The monoisotopic (exact) mass is 392 g/mol. The first kappa shape index (κ1) is 15.2. The topological polar surface area (TPSA) is 80.7 Å². The largest absolute Gasteiger partial charge is 0.454 e. The van der Waals surface area contributed by atoms with E-state index in [1.807, 2.05) is 22.6 Å². The predicted octanol–water partition coefficient (Wildman–Crippen LogP) is 1.93. The molecule has 1 aromatic rings. The molecule has 0 spiro atoms. The zero-order valence-corrected chi connectivity index (χ0v) is 11.6. The van der Waals surface area contributed by atoms with Crippen LogP contribution in [0.4, 0.5) is 8.78 Å². The fourth-order valence-corrected chi connectivity index (χ4v) is 1.46. The lowest BCUT2D eigenvalue weighted by atomic mass is 10.2. The summed E-state index contributed by atoms with van der Waals surface area (Å²) >= 11 is 1.98. The van der Waals surface area contributed by atoms with Crippen molar-refractivity contribution in [1.29, 1.82) is 0 Å². The number of carbonyl (C=O) groups excluding carboxylic acids is 1. The zero-order valence-electron chi connectivity index (χ0n) is 8.64. The highest BCUT2D eigenvalue weighted by molar-refractivity contribution is 14.1. The zero-order chi connectivity index (χ0) is 14.0. The minimum atomic E-state index is -5.60. The number of esters is 1. The maximum absolute atomic E-state index is 12.8. The molecule has 0 bridgehead atoms. The number of halogens is 3. The van der Waals surface area contributed by atoms with E-state index in [-0.39, 0.29) is 5.56 Å². The molecule has 0 unspecified atom stereocenters. The lowest BCUT2D eigenvalue weighted by Gasteiger charge is -2.12. The first-order valence-corrected chi connectivity index (χ1v) is 6.93. The molecule has 1 rings (SSSR count). The maximum Gasteiger partial charge on any atom is 0.402 e. The van der Waals surface area contributed by atoms with E-state index < -0.39 is 27.9 Å². The fraction of sp³-hybridized carbons (Fsp3) is 0.222. The molecule has 0 saturated heterocycles. The molecule has 0 aliphatic heterocycles. The van der Waals surface area contributed by atoms with Crippen LogP contribution in [-0.4, -0.2) is 30.8 Å². The van der Waals surface area contributed by atoms with Crippen LogP contribution in [0.15, 0.2) is 24.3 Å². The summed E-state index contributed by atoms with van der Waals surface area (Å²) in [5.74, 6) is -1.10. The minimum Gasteiger partial charge on any atom is -0.454 e. The van der Waals surface area contributed by atoms with Gasteiger partial charge in [0.1, 0.15) is 0 Å². The minimum absolute atomic E-state index is 0.00144. The Hall–Kier alpha value is -0.810. The van der Waals surface area contributed by atoms with Crippen LogP contribution < -0.4 is 0 Å². The van der Waals surface area contributed by atoms with Crippen LogP contribution in [0.5, 0.6) is 0 Å². The van der Waals surface area contributed by atoms with Crippen molar-refractivity contribution in [2.24, 2.45) is 0 Å². The summed E-state index contributed by atoms with van der Waals surface area (Å²) in [6.07, 6.45) is 0. The highest BCUT2D eigenvalue weighted by Crippen LogP contribution is 2.21. The van der Waals surface area contributed by atoms with Crippen LogP contribution in [0.25, 0.3) is 0 Å². The number of ether oxygens (including phenoxy) is 1. The van der Waals surface area contributed by atoms with Gasteiger partial charge in [-0.25, -0.2) is 4.79 Å². The second-order valence-corrected chi connectivity index (χ2v) is 5.99. The molecule has 0 amide bonds. The Balaban J connectivity index is 2.70. The summed E-state index contributed by atoms with van der Waals surface area (Å²) in [7, 11) is -5.60. The standard InChI is InChI=1S/C9H7F2IO5S/c10-9(11,18(14,15)16)5-17-8(13)6-1-3-7(12)4-2-6/h1-4H,5H2,(H,14,15,16). The van der Waals surface area contributed by atoms with Crippen LogP contribution in [-0.2, 0) is 14.9 Å². The van der Waals surface area contributed by atoms with Crippen molar-refractivity contribution in [3.8, 4) is 0 Å². The molecule has 0 atom stereocenters. The fourth-order valence-electron chi connectivity index (χ4n) is 0.893. The summed E-state index contributed by atoms with van der Waals surface area (Å²) < 4.78 is 59.2. The average Bonchev–Trinajstić information content (AvgIpc) is 2.25. The van der Waals surface area contributed by atoms with Crippen LogP contribution in [0.3, 0.4) is 0 Å². The molecule has 0 saturated carbocycles. The summed E-state index contributed by atoms with van der Waals surface area (Å²) in [4.78, 5) is 11.3. The molecule has 1 N–H and O–H groups in total. The van der Waals surface area contributed by atoms with Crippen molar-refractivity contribution in [1.82, 2.24) is 0 Å². The Bertz CT molecular complexity index is 541. The predicted molar refractivity (Wildman–Crippen MR) is 65.9 cm³/mol. The van der Waals surface area contributed by atoms with E-state index in [1.165, 1.54) is 12.1 Å². The molecule has 1 aromatic carbocycles. The third-order valence-corrected chi connectivity index (χ3v) is 3.42. The second kappa shape index (κ2) is 5.45. The highest BCUT2D eigenvalue weighted by Gasteiger charge is 2.45. The van der Waals surface area contributed by atoms with E-state index in [0.29, 0.717) is 0 Å². The summed E-state index contributed by atoms with van der Waals surface area (Å²) in [6, 6.07) is 5.79. The van der Waals surface area contributed by atoms with Crippen molar-refractivity contribution in [3.63, 3.8) is 0 Å². The van der Waals surface area contributed by atoms with Crippen molar-refractivity contribution in [2.45, 2.75) is 5.25 Å². The van der Waals surface area contributed by atoms with Crippen LogP contribution in [0.2, 0.25) is 0 Å². The van der Waals surface area contributed by atoms with E-state index in [1.54, 1.807) is 12.1 Å². The number of hydrogen-bond acceptors (Lipinski definition) is 4. The molecular weight excluding hydrogens is 385 g/mol. The quantitative estimate of drug-likeness (QED) is 0.481. The van der Waals surface area contributed by atoms with E-state index in [0.717, 1.165) is 3.57 Å². The van der Waals surface area contributed by atoms with Gasteiger partial charge in [0.15, 0.2) is 6.61 Å². The molecule has 0 aliphatic rings. The summed E-state index contributed by atoms with van der Waals surface area (Å²) in [5.41, 5.74) is 0.00144. The summed E-state index contributed by atoms with van der Waals surface area (Å²) in [5, 5.41) is -4.52. The van der Waals surface area contributed by atoms with Gasteiger partial charge in [0.25, 0.3) is 0 Å². The number of benzene rings is 1. The van der Waals surface area contributed by atoms with Gasteiger partial charge < -0.3 is 4.74 Å². The third-order valence-electron chi connectivity index (χ3n) is 1.83. The molecule has 0 aromatic heterocycles. The number of hydrogen-bond donors (Lipinski definition) is 1. The van der Waals surface area contributed by atoms with Crippen LogP contribution in [0, 0.1) is 3.57 Å². The molecule has 0 heterocycles. The van der Waals surface area contributed by atoms with Gasteiger partial charge in [0.2, 0.25) is 0 Å². The first-order valence-electron chi connectivity index (χ1n) is 4.41. The number of alkyl halides is 2. The van der Waals surface area contributed by atoms with Gasteiger partial charge in [-0.3, -0.25) is 4.55 Å². The molecule has 0 radical (unpaired) electrons. The Morgan fingerprint density at radius 3 is 2.28 bits per heavy atom.